The lowest BCUT2D eigenvalue weighted by molar-refractivity contribution is 0.0596. The van der Waals surface area contributed by atoms with Crippen molar-refractivity contribution >= 4 is 33.4 Å². The number of benzene rings is 1. The summed E-state index contributed by atoms with van der Waals surface area (Å²) in [6, 6.07) is 4.06. The SMILES string of the molecule is COC(=O)c1ccc(N)cc1S(=O)(=O)N1CCSCC1C. The second kappa shape index (κ2) is 6.25. The van der Waals surface area contributed by atoms with Crippen LogP contribution in [0.2, 0.25) is 0 Å². The molecule has 6 nitrogen and oxygen atoms in total. The number of thioether (sulfide) groups is 1. The number of sulfonamides is 1. The van der Waals surface area contributed by atoms with E-state index in [1.54, 1.807) is 11.8 Å². The summed E-state index contributed by atoms with van der Waals surface area (Å²) in [5, 5.41) is 0. The quantitative estimate of drug-likeness (QED) is 0.661. The Bertz CT molecular complexity index is 646. The molecule has 116 valence electrons. The second-order valence-electron chi connectivity index (χ2n) is 4.79. The van der Waals surface area contributed by atoms with Crippen molar-refractivity contribution in [2.75, 3.05) is 30.9 Å². The molecular weight excluding hydrogens is 312 g/mol. The molecule has 0 radical (unpaired) electrons. The summed E-state index contributed by atoms with van der Waals surface area (Å²) in [5.74, 6) is 0.779. The van der Waals surface area contributed by atoms with Crippen molar-refractivity contribution in [3.8, 4) is 0 Å². The van der Waals surface area contributed by atoms with E-state index in [4.69, 9.17) is 5.73 Å². The van der Waals surface area contributed by atoms with E-state index in [1.807, 2.05) is 6.92 Å². The van der Waals surface area contributed by atoms with E-state index in [2.05, 4.69) is 4.74 Å². The Labute approximate surface area is 128 Å². The Morgan fingerprint density at radius 3 is 2.81 bits per heavy atom. The normalized spacial score (nSPS) is 20.2. The third kappa shape index (κ3) is 3.17. The molecule has 2 rings (SSSR count). The Morgan fingerprint density at radius 1 is 1.48 bits per heavy atom. The van der Waals surface area contributed by atoms with Crippen LogP contribution in [0.15, 0.2) is 23.1 Å². The van der Waals surface area contributed by atoms with Gasteiger partial charge in [-0.1, -0.05) is 0 Å². The van der Waals surface area contributed by atoms with E-state index in [1.165, 1.54) is 29.6 Å². The molecule has 0 aromatic heterocycles. The maximum absolute atomic E-state index is 12.8. The number of nitrogens with two attached hydrogens (primary N) is 1. The fraction of sp³-hybridized carbons (Fsp3) is 0.462. The molecule has 1 saturated heterocycles. The van der Waals surface area contributed by atoms with Crippen LogP contribution in [0.4, 0.5) is 5.69 Å². The van der Waals surface area contributed by atoms with Crippen molar-refractivity contribution in [3.05, 3.63) is 23.8 Å². The number of nitrogens with zero attached hydrogens (tertiary/aromatic N) is 1. The number of nitrogen functional groups attached to an aromatic ring is 1. The highest BCUT2D eigenvalue weighted by Crippen LogP contribution is 2.28. The van der Waals surface area contributed by atoms with E-state index in [-0.39, 0.29) is 16.5 Å². The number of rotatable bonds is 3. The van der Waals surface area contributed by atoms with Gasteiger partial charge in [-0.15, -0.1) is 0 Å². The summed E-state index contributed by atoms with van der Waals surface area (Å²) in [5.41, 5.74) is 5.99. The Hall–Kier alpha value is -1.25. The molecule has 1 aliphatic rings. The average Bonchev–Trinajstić information content (AvgIpc) is 2.46. The van der Waals surface area contributed by atoms with Crippen LogP contribution in [0.1, 0.15) is 17.3 Å². The largest absolute Gasteiger partial charge is 0.465 e. The van der Waals surface area contributed by atoms with Crippen LogP contribution in [0, 0.1) is 0 Å². The predicted molar refractivity (Wildman–Crippen MR) is 82.9 cm³/mol. The third-order valence-electron chi connectivity index (χ3n) is 3.30. The standard InChI is InChI=1S/C13H18N2O4S2/c1-9-8-20-6-5-15(9)21(17,18)12-7-10(14)3-4-11(12)13(16)19-2/h3-4,7,9H,5-6,8,14H2,1-2H3. The molecule has 2 N–H and O–H groups in total. The molecule has 1 aromatic carbocycles. The number of hydrogen-bond acceptors (Lipinski definition) is 6. The summed E-state index contributed by atoms with van der Waals surface area (Å²) in [6.45, 7) is 2.28. The minimum Gasteiger partial charge on any atom is -0.465 e. The molecule has 1 aliphatic heterocycles. The fourth-order valence-electron chi connectivity index (χ4n) is 2.23. The lowest BCUT2D eigenvalue weighted by Crippen LogP contribution is -2.44. The van der Waals surface area contributed by atoms with Gasteiger partial charge in [0, 0.05) is 29.8 Å². The van der Waals surface area contributed by atoms with Gasteiger partial charge in [0.2, 0.25) is 10.0 Å². The first-order valence-corrected chi connectivity index (χ1v) is 9.05. The van der Waals surface area contributed by atoms with Gasteiger partial charge in [0.05, 0.1) is 17.6 Å². The first kappa shape index (κ1) is 16.1. The summed E-state index contributed by atoms with van der Waals surface area (Å²) in [6.07, 6.45) is 0. The van der Waals surface area contributed by atoms with Crippen molar-refractivity contribution in [2.45, 2.75) is 17.9 Å². The van der Waals surface area contributed by atoms with Gasteiger partial charge in [0.15, 0.2) is 0 Å². The summed E-state index contributed by atoms with van der Waals surface area (Å²) < 4.78 is 31.8. The van der Waals surface area contributed by atoms with Gasteiger partial charge in [0.1, 0.15) is 0 Å². The highest BCUT2D eigenvalue weighted by molar-refractivity contribution is 7.99. The lowest BCUT2D eigenvalue weighted by Gasteiger charge is -2.32. The monoisotopic (exact) mass is 330 g/mol. The third-order valence-corrected chi connectivity index (χ3v) is 6.55. The van der Waals surface area contributed by atoms with E-state index in [9.17, 15) is 13.2 Å². The molecule has 8 heteroatoms. The van der Waals surface area contributed by atoms with Crippen molar-refractivity contribution in [3.63, 3.8) is 0 Å². The molecule has 1 unspecified atom stereocenters. The van der Waals surface area contributed by atoms with E-state index < -0.39 is 16.0 Å². The van der Waals surface area contributed by atoms with Gasteiger partial charge < -0.3 is 10.5 Å². The second-order valence-corrected chi connectivity index (χ2v) is 7.80. The summed E-state index contributed by atoms with van der Waals surface area (Å²) in [7, 11) is -2.56. The molecule has 1 atom stereocenters. The van der Waals surface area contributed by atoms with Crippen LogP contribution >= 0.6 is 11.8 Å². The Kier molecular flexibility index (Phi) is 4.80. The van der Waals surface area contributed by atoms with Crippen LogP contribution in [0.3, 0.4) is 0 Å². The van der Waals surface area contributed by atoms with Gasteiger partial charge in [0.25, 0.3) is 0 Å². The van der Waals surface area contributed by atoms with Gasteiger partial charge in [-0.25, -0.2) is 13.2 Å². The number of anilines is 1. The molecule has 1 aromatic rings. The number of ether oxygens (including phenoxy) is 1. The van der Waals surface area contributed by atoms with Gasteiger partial charge in [-0.05, 0) is 25.1 Å². The molecule has 1 heterocycles. The zero-order valence-electron chi connectivity index (χ0n) is 11.9. The van der Waals surface area contributed by atoms with Crippen LogP contribution < -0.4 is 5.73 Å². The molecule has 21 heavy (non-hydrogen) atoms. The average molecular weight is 330 g/mol. The number of carbonyl (C=O) groups excluding carboxylic acids is 1. The summed E-state index contributed by atoms with van der Waals surface area (Å²) in [4.78, 5) is 11.7. The maximum Gasteiger partial charge on any atom is 0.339 e. The highest BCUT2D eigenvalue weighted by Gasteiger charge is 2.34. The molecule has 0 spiro atoms. The number of methoxy groups -OCH3 is 1. The lowest BCUT2D eigenvalue weighted by atomic mass is 10.2. The van der Waals surface area contributed by atoms with Crippen LogP contribution in [0.25, 0.3) is 0 Å². The Balaban J connectivity index is 2.53. The minimum atomic E-state index is -3.78. The maximum atomic E-state index is 12.8. The van der Waals surface area contributed by atoms with Gasteiger partial charge in [-0.2, -0.15) is 16.1 Å². The number of esters is 1. The topological polar surface area (TPSA) is 89.7 Å². The van der Waals surface area contributed by atoms with Crippen molar-refractivity contribution in [1.82, 2.24) is 4.31 Å². The smallest absolute Gasteiger partial charge is 0.339 e. The van der Waals surface area contributed by atoms with Gasteiger partial charge >= 0.3 is 5.97 Å². The first-order chi connectivity index (χ1) is 9.87. The van der Waals surface area contributed by atoms with Crippen LogP contribution in [-0.2, 0) is 14.8 Å². The molecule has 1 fully saturated rings. The van der Waals surface area contributed by atoms with E-state index >= 15 is 0 Å². The van der Waals surface area contributed by atoms with Crippen LogP contribution in [-0.4, -0.2) is 49.9 Å². The minimum absolute atomic E-state index is 0.0112. The van der Waals surface area contributed by atoms with Crippen molar-refractivity contribution in [2.24, 2.45) is 0 Å². The molecule has 0 aliphatic carbocycles. The zero-order valence-corrected chi connectivity index (χ0v) is 13.5. The zero-order chi connectivity index (χ0) is 15.6. The number of hydrogen-bond donors (Lipinski definition) is 1. The molecule has 0 saturated carbocycles. The van der Waals surface area contributed by atoms with Crippen molar-refractivity contribution < 1.29 is 17.9 Å². The summed E-state index contributed by atoms with van der Waals surface area (Å²) >= 11 is 1.71. The molecule has 0 amide bonds. The fourth-order valence-corrected chi connectivity index (χ4v) is 5.30. The Morgan fingerprint density at radius 2 is 2.19 bits per heavy atom. The predicted octanol–water partition coefficient (Wildman–Crippen LogP) is 1.18. The van der Waals surface area contributed by atoms with Gasteiger partial charge in [-0.3, -0.25) is 0 Å². The van der Waals surface area contributed by atoms with E-state index in [0.29, 0.717) is 12.2 Å². The number of carbonyl (C=O) groups is 1. The molecular formula is C13H18N2O4S2. The van der Waals surface area contributed by atoms with Crippen LogP contribution in [0.5, 0.6) is 0 Å². The highest BCUT2D eigenvalue weighted by atomic mass is 32.2. The molecule has 0 bridgehead atoms. The van der Waals surface area contributed by atoms with E-state index in [0.717, 1.165) is 11.5 Å². The first-order valence-electron chi connectivity index (χ1n) is 6.45. The van der Waals surface area contributed by atoms with Crippen molar-refractivity contribution in [1.29, 1.82) is 0 Å².